The zero-order valence-electron chi connectivity index (χ0n) is 16.1. The number of rotatable bonds is 7. The largest absolute Gasteiger partial charge is 0.366 e. The number of fused-ring (bicyclic) bond motifs is 1. The number of benzene rings is 2. The quantitative estimate of drug-likeness (QED) is 0.159. The molecule has 0 aliphatic heterocycles. The third-order valence-electron chi connectivity index (χ3n) is 4.56. The van der Waals surface area contributed by atoms with Gasteiger partial charge in [0.2, 0.25) is 0 Å². The SMILES string of the molecule is CSc1ccccc1Nc1cc(NCc2ccccc2)nc2c1nc(C)n2PI. The van der Waals surface area contributed by atoms with Gasteiger partial charge in [-0.05, 0) is 52.9 Å². The maximum atomic E-state index is 4.87. The van der Waals surface area contributed by atoms with Gasteiger partial charge in [0.15, 0.2) is 5.65 Å². The smallest absolute Gasteiger partial charge is 0.168 e. The fourth-order valence-electron chi connectivity index (χ4n) is 3.12. The zero-order chi connectivity index (χ0) is 20.2. The molecule has 2 N–H and O–H groups in total. The van der Waals surface area contributed by atoms with Crippen LogP contribution in [-0.4, -0.2) is 20.6 Å². The van der Waals surface area contributed by atoms with E-state index in [1.807, 2.05) is 19.1 Å². The van der Waals surface area contributed by atoms with E-state index < -0.39 is 0 Å². The van der Waals surface area contributed by atoms with Gasteiger partial charge in [-0.3, -0.25) is 4.34 Å². The molecule has 1 unspecified atom stereocenters. The highest BCUT2D eigenvalue weighted by atomic mass is 127. The van der Waals surface area contributed by atoms with E-state index in [-0.39, 0.29) is 0 Å². The molecule has 0 radical (unpaired) electrons. The summed E-state index contributed by atoms with van der Waals surface area (Å²) in [5.41, 5.74) is 5.05. The molecule has 29 heavy (non-hydrogen) atoms. The van der Waals surface area contributed by atoms with E-state index in [1.54, 1.807) is 11.8 Å². The molecule has 0 amide bonds. The summed E-state index contributed by atoms with van der Waals surface area (Å²) >= 11 is 4.10. The molecular weight excluding hydrogens is 512 g/mol. The highest BCUT2D eigenvalue weighted by Crippen LogP contribution is 2.36. The van der Waals surface area contributed by atoms with Crippen molar-refractivity contribution in [2.75, 3.05) is 16.9 Å². The minimum Gasteiger partial charge on any atom is -0.366 e. The molecule has 148 valence electrons. The monoisotopic (exact) mass is 533 g/mol. The molecule has 1 atom stereocenters. The van der Waals surface area contributed by atoms with Crippen LogP contribution >= 0.6 is 40.2 Å². The summed E-state index contributed by atoms with van der Waals surface area (Å²) in [6.45, 7) is 2.75. The molecule has 4 rings (SSSR count). The molecule has 5 nitrogen and oxygen atoms in total. The Labute approximate surface area is 189 Å². The van der Waals surface area contributed by atoms with E-state index in [9.17, 15) is 0 Å². The lowest BCUT2D eigenvalue weighted by molar-refractivity contribution is 1.09. The van der Waals surface area contributed by atoms with Crippen molar-refractivity contribution in [2.24, 2.45) is 0 Å². The molecule has 0 saturated carbocycles. The van der Waals surface area contributed by atoms with Crippen molar-refractivity contribution >= 4 is 68.5 Å². The van der Waals surface area contributed by atoms with Crippen LogP contribution < -0.4 is 10.6 Å². The summed E-state index contributed by atoms with van der Waals surface area (Å²) < 4.78 is 2.16. The van der Waals surface area contributed by atoms with Crippen LogP contribution in [0, 0.1) is 6.92 Å². The van der Waals surface area contributed by atoms with E-state index in [2.05, 4.69) is 91.8 Å². The van der Waals surface area contributed by atoms with Crippen molar-refractivity contribution in [1.82, 2.24) is 14.3 Å². The topological polar surface area (TPSA) is 54.8 Å². The number of aromatic nitrogens is 3. The van der Waals surface area contributed by atoms with Crippen LogP contribution in [0.5, 0.6) is 0 Å². The van der Waals surface area contributed by atoms with Gasteiger partial charge in [-0.25, -0.2) is 9.97 Å². The van der Waals surface area contributed by atoms with Crippen molar-refractivity contribution in [3.05, 3.63) is 72.1 Å². The number of nitrogens with zero attached hydrogens (tertiary/aromatic N) is 3. The second kappa shape index (κ2) is 9.32. The van der Waals surface area contributed by atoms with Gasteiger partial charge in [0.25, 0.3) is 0 Å². The van der Waals surface area contributed by atoms with Crippen molar-refractivity contribution in [3.63, 3.8) is 0 Å². The molecule has 2 aromatic carbocycles. The lowest BCUT2D eigenvalue weighted by Gasteiger charge is -2.13. The summed E-state index contributed by atoms with van der Waals surface area (Å²) in [4.78, 5) is 10.9. The van der Waals surface area contributed by atoms with Crippen molar-refractivity contribution in [1.29, 1.82) is 0 Å². The number of aryl methyl sites for hydroxylation is 1. The predicted octanol–water partition coefficient (Wildman–Crippen LogP) is 6.61. The molecule has 0 saturated heterocycles. The van der Waals surface area contributed by atoms with Gasteiger partial charge in [-0.15, -0.1) is 11.8 Å². The van der Waals surface area contributed by atoms with Crippen LogP contribution in [0.3, 0.4) is 0 Å². The Morgan fingerprint density at radius 3 is 2.55 bits per heavy atom. The lowest BCUT2D eigenvalue weighted by Crippen LogP contribution is -2.03. The Hall–Kier alpha value is -1.83. The third kappa shape index (κ3) is 4.52. The lowest BCUT2D eigenvalue weighted by atomic mass is 10.2. The van der Waals surface area contributed by atoms with Crippen LogP contribution in [-0.2, 0) is 6.54 Å². The molecule has 8 heteroatoms. The van der Waals surface area contributed by atoms with Crippen LogP contribution in [0.1, 0.15) is 11.4 Å². The zero-order valence-corrected chi connectivity index (χ0v) is 20.1. The first-order chi connectivity index (χ1) is 14.2. The number of imidazole rings is 1. The molecule has 2 aromatic heterocycles. The number of pyridine rings is 1. The first kappa shape index (κ1) is 20.4. The first-order valence-corrected chi connectivity index (χ1v) is 14.4. The maximum Gasteiger partial charge on any atom is 0.168 e. The van der Waals surface area contributed by atoms with Crippen LogP contribution in [0.4, 0.5) is 17.2 Å². The average Bonchev–Trinajstić information content (AvgIpc) is 3.08. The van der Waals surface area contributed by atoms with E-state index in [0.29, 0.717) is 6.37 Å². The minimum atomic E-state index is 0.542. The summed E-state index contributed by atoms with van der Waals surface area (Å²) in [7, 11) is 0. The maximum absolute atomic E-state index is 4.87. The Balaban J connectivity index is 1.75. The van der Waals surface area contributed by atoms with Gasteiger partial charge in [0.1, 0.15) is 17.2 Å². The van der Waals surface area contributed by atoms with Gasteiger partial charge >= 0.3 is 0 Å². The van der Waals surface area contributed by atoms with Gasteiger partial charge in [0, 0.05) is 17.5 Å². The summed E-state index contributed by atoms with van der Waals surface area (Å²) in [6, 6.07) is 20.7. The van der Waals surface area contributed by atoms with Gasteiger partial charge < -0.3 is 10.6 Å². The number of nitrogens with one attached hydrogen (secondary N) is 2. The minimum absolute atomic E-state index is 0.542. The van der Waals surface area contributed by atoms with Crippen molar-refractivity contribution < 1.29 is 0 Å². The second-order valence-electron chi connectivity index (χ2n) is 6.47. The molecular formula is C21H21IN5PS. The van der Waals surface area contributed by atoms with Gasteiger partial charge in [-0.2, -0.15) is 0 Å². The molecule has 2 heterocycles. The third-order valence-corrected chi connectivity index (χ3v) is 7.51. The van der Waals surface area contributed by atoms with Crippen LogP contribution in [0.25, 0.3) is 11.2 Å². The molecule has 0 bridgehead atoms. The summed E-state index contributed by atoms with van der Waals surface area (Å²) in [5, 5.41) is 7.07. The highest BCUT2D eigenvalue weighted by Gasteiger charge is 2.15. The molecule has 4 aromatic rings. The fraction of sp³-hybridized carbons (Fsp3) is 0.143. The number of hydrogen-bond acceptors (Lipinski definition) is 5. The Morgan fingerprint density at radius 1 is 1.03 bits per heavy atom. The van der Waals surface area contributed by atoms with Crippen molar-refractivity contribution in [2.45, 2.75) is 18.4 Å². The fourth-order valence-corrected chi connectivity index (χ4v) is 5.82. The van der Waals surface area contributed by atoms with Crippen LogP contribution in [0.15, 0.2) is 65.6 Å². The normalized spacial score (nSPS) is 11.4. The first-order valence-electron chi connectivity index (χ1n) is 9.14. The number of thioether (sulfide) groups is 1. The second-order valence-corrected chi connectivity index (χ2v) is 9.38. The predicted molar refractivity (Wildman–Crippen MR) is 135 cm³/mol. The van der Waals surface area contributed by atoms with Gasteiger partial charge in [0.05, 0.1) is 17.7 Å². The van der Waals surface area contributed by atoms with E-state index in [0.717, 1.165) is 40.7 Å². The molecule has 0 fully saturated rings. The highest BCUT2D eigenvalue weighted by molar-refractivity contribution is 14.2. The Kier molecular flexibility index (Phi) is 6.57. The van der Waals surface area contributed by atoms with E-state index >= 15 is 0 Å². The summed E-state index contributed by atoms with van der Waals surface area (Å²) in [5.74, 6) is 1.81. The Bertz CT molecular complexity index is 1130. The van der Waals surface area contributed by atoms with Crippen molar-refractivity contribution in [3.8, 4) is 0 Å². The molecule has 0 aliphatic carbocycles. The van der Waals surface area contributed by atoms with Crippen LogP contribution in [0.2, 0.25) is 0 Å². The van der Waals surface area contributed by atoms with E-state index in [4.69, 9.17) is 9.97 Å². The number of anilines is 3. The standard InChI is InChI=1S/C21H21IN5PS/c1-14-24-20-17(25-16-10-6-7-11-18(16)29-2)12-19(26-21(20)27(14)28-22)23-13-15-8-4-3-5-9-15/h3-12,28H,13H2,1-2H3,(H2,23,25,26). The summed E-state index contributed by atoms with van der Waals surface area (Å²) in [6.07, 6.45) is 2.63. The molecule has 0 aliphatic rings. The number of hydrogen-bond donors (Lipinski definition) is 2. The van der Waals surface area contributed by atoms with Gasteiger partial charge in [-0.1, -0.05) is 42.5 Å². The Morgan fingerprint density at radius 2 is 1.79 bits per heavy atom. The number of para-hydroxylation sites is 1. The van der Waals surface area contributed by atoms with E-state index in [1.165, 1.54) is 10.5 Å². The molecule has 0 spiro atoms. The number of halogens is 1. The average molecular weight is 533 g/mol.